The van der Waals surface area contributed by atoms with E-state index in [2.05, 4.69) is 32.0 Å². The predicted molar refractivity (Wildman–Crippen MR) is 101 cm³/mol. The second-order valence-electron chi connectivity index (χ2n) is 7.24. The Kier molecular flexibility index (Phi) is 4.89. The Morgan fingerprint density at radius 2 is 2.14 bits per heavy atom. The number of imidazole rings is 1. The van der Waals surface area contributed by atoms with Crippen LogP contribution in [0.1, 0.15) is 42.8 Å². The van der Waals surface area contributed by atoms with Gasteiger partial charge in [0.25, 0.3) is 0 Å². The number of fused-ring (bicyclic) bond motifs is 1. The first kappa shape index (κ1) is 19.2. The molecule has 9 heteroatoms. The van der Waals surface area contributed by atoms with Gasteiger partial charge in [0.2, 0.25) is 5.91 Å². The third-order valence-corrected chi connectivity index (χ3v) is 5.14. The SMILES string of the molecule is CC1CCCn2c(CC(=O)Nc3cc(-c4ccccc4C(F)(F)F)[nH]n3)cnc21. The Morgan fingerprint density at radius 3 is 2.93 bits per heavy atom. The van der Waals surface area contributed by atoms with Crippen molar-refractivity contribution in [3.8, 4) is 11.3 Å². The number of halogens is 3. The molecule has 29 heavy (non-hydrogen) atoms. The minimum absolute atomic E-state index is 0.0214. The van der Waals surface area contributed by atoms with E-state index in [0.717, 1.165) is 37.0 Å². The van der Waals surface area contributed by atoms with Gasteiger partial charge < -0.3 is 9.88 Å². The summed E-state index contributed by atoms with van der Waals surface area (Å²) in [7, 11) is 0. The largest absolute Gasteiger partial charge is 0.417 e. The van der Waals surface area contributed by atoms with Gasteiger partial charge in [-0.25, -0.2) is 4.98 Å². The molecule has 1 aromatic carbocycles. The van der Waals surface area contributed by atoms with Gasteiger partial charge in [-0.1, -0.05) is 25.1 Å². The number of aromatic amines is 1. The fraction of sp³-hybridized carbons (Fsp3) is 0.350. The maximum absolute atomic E-state index is 13.2. The summed E-state index contributed by atoms with van der Waals surface area (Å²) in [4.78, 5) is 16.9. The molecule has 3 aromatic rings. The van der Waals surface area contributed by atoms with Gasteiger partial charge in [-0.05, 0) is 18.9 Å². The summed E-state index contributed by atoms with van der Waals surface area (Å²) >= 11 is 0. The zero-order valence-electron chi connectivity index (χ0n) is 15.8. The maximum atomic E-state index is 13.2. The number of amides is 1. The normalized spacial score (nSPS) is 16.5. The molecule has 1 atom stereocenters. The zero-order chi connectivity index (χ0) is 20.6. The van der Waals surface area contributed by atoms with E-state index in [1.807, 2.05) is 0 Å². The van der Waals surface area contributed by atoms with Gasteiger partial charge in [-0.3, -0.25) is 9.89 Å². The molecule has 1 amide bonds. The Balaban J connectivity index is 1.49. The van der Waals surface area contributed by atoms with Crippen molar-refractivity contribution in [2.24, 2.45) is 0 Å². The van der Waals surface area contributed by atoms with E-state index < -0.39 is 11.7 Å². The number of H-pyrrole nitrogens is 1. The molecule has 3 heterocycles. The van der Waals surface area contributed by atoms with Crippen molar-refractivity contribution in [1.29, 1.82) is 0 Å². The molecule has 0 fully saturated rings. The molecule has 0 bridgehead atoms. The minimum atomic E-state index is -4.48. The fourth-order valence-corrected chi connectivity index (χ4v) is 3.74. The molecule has 2 N–H and O–H groups in total. The number of aromatic nitrogens is 4. The van der Waals surface area contributed by atoms with Crippen molar-refractivity contribution in [3.05, 3.63) is 53.6 Å². The van der Waals surface area contributed by atoms with Gasteiger partial charge >= 0.3 is 6.18 Å². The van der Waals surface area contributed by atoms with Crippen LogP contribution in [0.2, 0.25) is 0 Å². The molecule has 6 nitrogen and oxygen atoms in total. The second kappa shape index (κ2) is 7.38. The summed E-state index contributed by atoms with van der Waals surface area (Å²) < 4.78 is 41.7. The highest BCUT2D eigenvalue weighted by molar-refractivity contribution is 5.91. The van der Waals surface area contributed by atoms with Crippen molar-refractivity contribution in [2.45, 2.75) is 44.8 Å². The van der Waals surface area contributed by atoms with Crippen molar-refractivity contribution in [1.82, 2.24) is 19.7 Å². The molecule has 152 valence electrons. The van der Waals surface area contributed by atoms with Crippen LogP contribution >= 0.6 is 0 Å². The van der Waals surface area contributed by atoms with E-state index in [4.69, 9.17) is 0 Å². The fourth-order valence-electron chi connectivity index (χ4n) is 3.74. The molecule has 0 radical (unpaired) electrons. The van der Waals surface area contributed by atoms with Crippen molar-refractivity contribution in [3.63, 3.8) is 0 Å². The highest BCUT2D eigenvalue weighted by Gasteiger charge is 2.33. The average Bonchev–Trinajstić information content (AvgIpc) is 3.29. The zero-order valence-corrected chi connectivity index (χ0v) is 15.8. The van der Waals surface area contributed by atoms with Gasteiger partial charge in [0.05, 0.1) is 17.7 Å². The summed E-state index contributed by atoms with van der Waals surface area (Å²) in [5.41, 5.74) is 0.222. The number of hydrogen-bond acceptors (Lipinski definition) is 3. The number of anilines is 1. The van der Waals surface area contributed by atoms with Crippen LogP contribution in [0.15, 0.2) is 36.5 Å². The van der Waals surface area contributed by atoms with Crippen LogP contribution in [-0.2, 0) is 23.9 Å². The summed E-state index contributed by atoms with van der Waals surface area (Å²) in [5.74, 6) is 1.23. The first-order valence-electron chi connectivity index (χ1n) is 9.39. The van der Waals surface area contributed by atoms with E-state index >= 15 is 0 Å². The molecule has 1 unspecified atom stereocenters. The van der Waals surface area contributed by atoms with E-state index in [0.29, 0.717) is 5.92 Å². The molecular formula is C20H20F3N5O. The van der Waals surface area contributed by atoms with Crippen molar-refractivity contribution < 1.29 is 18.0 Å². The lowest BCUT2D eigenvalue weighted by molar-refractivity contribution is -0.137. The Hall–Kier alpha value is -3.10. The molecule has 2 aromatic heterocycles. The summed E-state index contributed by atoms with van der Waals surface area (Å²) in [6.07, 6.45) is -0.519. The number of nitrogens with one attached hydrogen (secondary N) is 2. The summed E-state index contributed by atoms with van der Waals surface area (Å²) in [6, 6.07) is 6.63. The third-order valence-electron chi connectivity index (χ3n) is 5.14. The van der Waals surface area contributed by atoms with Gasteiger partial charge in [0.15, 0.2) is 5.82 Å². The lowest BCUT2D eigenvalue weighted by Gasteiger charge is -2.21. The molecular weight excluding hydrogens is 383 g/mol. The lowest BCUT2D eigenvalue weighted by Crippen LogP contribution is -2.20. The van der Waals surface area contributed by atoms with E-state index in [9.17, 15) is 18.0 Å². The lowest BCUT2D eigenvalue weighted by atomic mass is 10.0. The first-order chi connectivity index (χ1) is 13.8. The molecule has 1 aliphatic heterocycles. The van der Waals surface area contributed by atoms with E-state index in [1.165, 1.54) is 24.3 Å². The number of nitrogens with zero attached hydrogens (tertiary/aromatic N) is 3. The highest BCUT2D eigenvalue weighted by Crippen LogP contribution is 2.36. The maximum Gasteiger partial charge on any atom is 0.417 e. The average molecular weight is 403 g/mol. The quantitative estimate of drug-likeness (QED) is 0.679. The van der Waals surface area contributed by atoms with E-state index in [-0.39, 0.29) is 29.4 Å². The second-order valence-corrected chi connectivity index (χ2v) is 7.24. The molecule has 0 aliphatic carbocycles. The Bertz CT molecular complexity index is 1040. The van der Waals surface area contributed by atoms with Crippen LogP contribution in [0.4, 0.5) is 19.0 Å². The smallest absolute Gasteiger partial charge is 0.331 e. The van der Waals surface area contributed by atoms with Crippen LogP contribution in [0.25, 0.3) is 11.3 Å². The van der Waals surface area contributed by atoms with Crippen LogP contribution in [0, 0.1) is 0 Å². The first-order valence-corrected chi connectivity index (χ1v) is 9.39. The van der Waals surface area contributed by atoms with Crippen LogP contribution < -0.4 is 5.32 Å². The predicted octanol–water partition coefficient (Wildman–Crippen LogP) is 4.37. The van der Waals surface area contributed by atoms with Gasteiger partial charge in [0, 0.05) is 36.0 Å². The van der Waals surface area contributed by atoms with Crippen molar-refractivity contribution >= 4 is 11.7 Å². The number of carbonyl (C=O) groups excluding carboxylic acids is 1. The molecule has 0 saturated heterocycles. The Labute approximate surface area is 165 Å². The number of hydrogen-bond donors (Lipinski definition) is 2. The minimum Gasteiger partial charge on any atom is -0.331 e. The monoisotopic (exact) mass is 403 g/mol. The standard InChI is InChI=1S/C20H20F3N5O/c1-12-5-4-8-28-13(11-24-19(12)28)9-18(29)25-17-10-16(26-27-17)14-6-2-3-7-15(14)20(21,22)23/h2-3,6-7,10-12H,4-5,8-9H2,1H3,(H2,25,26,27,29). The number of benzene rings is 1. The molecule has 0 saturated carbocycles. The number of alkyl halides is 3. The molecule has 0 spiro atoms. The summed E-state index contributed by atoms with van der Waals surface area (Å²) in [6.45, 7) is 2.95. The molecule has 1 aliphatic rings. The van der Waals surface area contributed by atoms with Crippen LogP contribution in [0.5, 0.6) is 0 Å². The van der Waals surface area contributed by atoms with Crippen LogP contribution in [-0.4, -0.2) is 25.7 Å². The van der Waals surface area contributed by atoms with Gasteiger partial charge in [-0.2, -0.15) is 18.3 Å². The van der Waals surface area contributed by atoms with Gasteiger partial charge in [-0.15, -0.1) is 0 Å². The number of carbonyl (C=O) groups is 1. The Morgan fingerprint density at radius 1 is 1.34 bits per heavy atom. The summed E-state index contributed by atoms with van der Waals surface area (Å²) in [5, 5.41) is 9.15. The molecule has 4 rings (SSSR count). The topological polar surface area (TPSA) is 75.6 Å². The van der Waals surface area contributed by atoms with Crippen molar-refractivity contribution in [2.75, 3.05) is 5.32 Å². The van der Waals surface area contributed by atoms with Gasteiger partial charge in [0.1, 0.15) is 5.82 Å². The third kappa shape index (κ3) is 3.90. The highest BCUT2D eigenvalue weighted by atomic mass is 19.4. The van der Waals surface area contributed by atoms with Crippen LogP contribution in [0.3, 0.4) is 0 Å². The number of rotatable bonds is 4. The van der Waals surface area contributed by atoms with E-state index in [1.54, 1.807) is 6.20 Å².